The third-order valence-electron chi connectivity index (χ3n) is 1.79. The molecular formula is C6H12N4OS2. The molecule has 0 spiro atoms. The quantitative estimate of drug-likeness (QED) is 0.718. The van der Waals surface area contributed by atoms with E-state index in [1.54, 1.807) is 10.8 Å². The Kier molecular flexibility index (Phi) is 3.21. The molecule has 0 bridgehead atoms. The SMILES string of the molecule is CC(Cn1c(N)n[nH]c1=S)S(C)=O. The van der Waals surface area contributed by atoms with Crippen molar-refractivity contribution >= 4 is 29.0 Å². The van der Waals surface area contributed by atoms with E-state index in [1.165, 1.54) is 0 Å². The van der Waals surface area contributed by atoms with E-state index in [4.69, 9.17) is 18.0 Å². The lowest BCUT2D eigenvalue weighted by molar-refractivity contribution is 0.642. The molecule has 1 aromatic heterocycles. The van der Waals surface area contributed by atoms with Gasteiger partial charge in [0.05, 0.1) is 0 Å². The van der Waals surface area contributed by atoms with Gasteiger partial charge in [-0.25, -0.2) is 5.10 Å². The zero-order chi connectivity index (χ0) is 10.0. The van der Waals surface area contributed by atoms with Crippen molar-refractivity contribution in [3.63, 3.8) is 0 Å². The summed E-state index contributed by atoms with van der Waals surface area (Å²) in [6.07, 6.45) is 1.66. The van der Waals surface area contributed by atoms with E-state index < -0.39 is 10.8 Å². The average molecular weight is 220 g/mol. The van der Waals surface area contributed by atoms with Crippen LogP contribution in [0.15, 0.2) is 0 Å². The molecule has 0 saturated carbocycles. The maximum atomic E-state index is 11.1. The number of aromatic nitrogens is 3. The van der Waals surface area contributed by atoms with Gasteiger partial charge in [0.2, 0.25) is 5.95 Å². The first kappa shape index (κ1) is 10.4. The predicted octanol–water partition coefficient (Wildman–Crippen LogP) is 0.290. The van der Waals surface area contributed by atoms with Gasteiger partial charge in [0.15, 0.2) is 4.77 Å². The summed E-state index contributed by atoms with van der Waals surface area (Å²) in [4.78, 5) is 0. The molecule has 7 heteroatoms. The molecular weight excluding hydrogens is 208 g/mol. The Morgan fingerprint density at radius 1 is 1.85 bits per heavy atom. The number of nitrogens with one attached hydrogen (secondary N) is 1. The average Bonchev–Trinajstić information content (AvgIpc) is 2.35. The summed E-state index contributed by atoms with van der Waals surface area (Å²) in [7, 11) is -0.876. The van der Waals surface area contributed by atoms with Gasteiger partial charge in [0.1, 0.15) is 0 Å². The Bertz CT molecular complexity index is 369. The molecule has 13 heavy (non-hydrogen) atoms. The number of nitrogens with two attached hydrogens (primary N) is 1. The van der Waals surface area contributed by atoms with Gasteiger partial charge in [-0.15, -0.1) is 5.10 Å². The smallest absolute Gasteiger partial charge is 0.220 e. The first-order chi connectivity index (χ1) is 6.02. The summed E-state index contributed by atoms with van der Waals surface area (Å²) < 4.78 is 13.2. The molecule has 1 aromatic rings. The van der Waals surface area contributed by atoms with E-state index in [9.17, 15) is 4.21 Å². The number of rotatable bonds is 3. The van der Waals surface area contributed by atoms with E-state index in [2.05, 4.69) is 10.2 Å². The Labute approximate surface area is 83.8 Å². The summed E-state index contributed by atoms with van der Waals surface area (Å²) in [6, 6.07) is 0. The van der Waals surface area contributed by atoms with Crippen molar-refractivity contribution in [2.75, 3.05) is 12.0 Å². The second kappa shape index (κ2) is 4.01. The third kappa shape index (κ3) is 2.38. The Morgan fingerprint density at radius 2 is 2.46 bits per heavy atom. The molecule has 0 aliphatic carbocycles. The van der Waals surface area contributed by atoms with Gasteiger partial charge >= 0.3 is 0 Å². The molecule has 1 rings (SSSR count). The summed E-state index contributed by atoms with van der Waals surface area (Å²) in [6.45, 7) is 2.41. The summed E-state index contributed by atoms with van der Waals surface area (Å²) in [5.41, 5.74) is 5.54. The minimum absolute atomic E-state index is 0.0200. The molecule has 5 nitrogen and oxygen atoms in total. The molecule has 0 aromatic carbocycles. The fourth-order valence-electron chi connectivity index (χ4n) is 0.868. The van der Waals surface area contributed by atoms with E-state index in [0.717, 1.165) is 0 Å². The molecule has 1 heterocycles. The van der Waals surface area contributed by atoms with Crippen LogP contribution in [-0.2, 0) is 17.3 Å². The van der Waals surface area contributed by atoms with Crippen molar-refractivity contribution in [3.8, 4) is 0 Å². The lowest BCUT2D eigenvalue weighted by atomic mass is 10.5. The van der Waals surface area contributed by atoms with Crippen molar-refractivity contribution in [2.24, 2.45) is 0 Å². The predicted molar refractivity (Wildman–Crippen MR) is 55.4 cm³/mol. The van der Waals surface area contributed by atoms with Crippen molar-refractivity contribution in [3.05, 3.63) is 4.77 Å². The summed E-state index contributed by atoms with van der Waals surface area (Å²) in [5, 5.41) is 6.35. The summed E-state index contributed by atoms with van der Waals surface area (Å²) in [5.74, 6) is 0.335. The topological polar surface area (TPSA) is 76.7 Å². The van der Waals surface area contributed by atoms with Gasteiger partial charge in [-0.3, -0.25) is 8.78 Å². The van der Waals surface area contributed by atoms with Crippen molar-refractivity contribution in [1.29, 1.82) is 0 Å². The molecule has 3 N–H and O–H groups in total. The van der Waals surface area contributed by atoms with Crippen LogP contribution in [0, 0.1) is 4.77 Å². The first-order valence-corrected chi connectivity index (χ1v) is 5.78. The van der Waals surface area contributed by atoms with Crippen LogP contribution < -0.4 is 5.73 Å². The van der Waals surface area contributed by atoms with Gasteiger partial charge in [-0.1, -0.05) is 0 Å². The molecule has 0 saturated heterocycles. The Morgan fingerprint density at radius 3 is 2.85 bits per heavy atom. The molecule has 0 aliphatic rings. The van der Waals surface area contributed by atoms with Crippen LogP contribution in [0.2, 0.25) is 0 Å². The van der Waals surface area contributed by atoms with Crippen molar-refractivity contribution in [2.45, 2.75) is 18.7 Å². The lowest BCUT2D eigenvalue weighted by Crippen LogP contribution is -2.18. The number of aromatic amines is 1. The van der Waals surface area contributed by atoms with Gasteiger partial charge in [-0.05, 0) is 19.1 Å². The maximum absolute atomic E-state index is 11.1. The fourth-order valence-corrected chi connectivity index (χ4v) is 1.44. The highest BCUT2D eigenvalue weighted by atomic mass is 32.2. The zero-order valence-corrected chi connectivity index (χ0v) is 9.11. The second-order valence-corrected chi connectivity index (χ2v) is 5.00. The van der Waals surface area contributed by atoms with E-state index in [1.807, 2.05) is 6.92 Å². The van der Waals surface area contributed by atoms with E-state index >= 15 is 0 Å². The Hall–Kier alpha value is -0.690. The van der Waals surface area contributed by atoms with Gasteiger partial charge < -0.3 is 5.73 Å². The number of nitrogens with zero attached hydrogens (tertiary/aromatic N) is 2. The number of H-pyrrole nitrogens is 1. The van der Waals surface area contributed by atoms with Crippen LogP contribution in [0.5, 0.6) is 0 Å². The highest BCUT2D eigenvalue weighted by molar-refractivity contribution is 7.84. The van der Waals surface area contributed by atoms with E-state index in [-0.39, 0.29) is 5.25 Å². The standard InChI is InChI=1S/C6H12N4OS2/c1-4(13(2)11)3-10-5(7)8-9-6(10)12/h4H,3H2,1-2H3,(H2,7,8)(H,9,12). The van der Waals surface area contributed by atoms with Gasteiger partial charge in [0, 0.05) is 28.9 Å². The fraction of sp³-hybridized carbons (Fsp3) is 0.667. The molecule has 2 atom stereocenters. The highest BCUT2D eigenvalue weighted by Gasteiger charge is 2.10. The number of nitrogen functional groups attached to an aromatic ring is 1. The third-order valence-corrected chi connectivity index (χ3v) is 3.39. The van der Waals surface area contributed by atoms with Gasteiger partial charge in [0.25, 0.3) is 0 Å². The summed E-state index contributed by atoms with van der Waals surface area (Å²) >= 11 is 4.94. The highest BCUT2D eigenvalue weighted by Crippen LogP contribution is 2.04. The molecule has 0 aliphatic heterocycles. The van der Waals surface area contributed by atoms with Gasteiger partial charge in [-0.2, -0.15) is 0 Å². The van der Waals surface area contributed by atoms with Crippen LogP contribution in [0.3, 0.4) is 0 Å². The first-order valence-electron chi connectivity index (χ1n) is 3.75. The molecule has 74 valence electrons. The van der Waals surface area contributed by atoms with Crippen LogP contribution >= 0.6 is 12.2 Å². The zero-order valence-electron chi connectivity index (χ0n) is 7.48. The normalized spacial score (nSPS) is 15.5. The lowest BCUT2D eigenvalue weighted by Gasteiger charge is -2.08. The number of hydrogen-bond donors (Lipinski definition) is 2. The number of hydrogen-bond acceptors (Lipinski definition) is 4. The molecule has 0 radical (unpaired) electrons. The van der Waals surface area contributed by atoms with Crippen LogP contribution in [0.4, 0.5) is 5.95 Å². The number of anilines is 1. The monoisotopic (exact) mass is 220 g/mol. The largest absolute Gasteiger partial charge is 0.368 e. The molecule has 0 fully saturated rings. The van der Waals surface area contributed by atoms with Crippen LogP contribution in [-0.4, -0.2) is 30.5 Å². The van der Waals surface area contributed by atoms with Crippen molar-refractivity contribution < 1.29 is 4.21 Å². The minimum Gasteiger partial charge on any atom is -0.368 e. The van der Waals surface area contributed by atoms with Crippen LogP contribution in [0.1, 0.15) is 6.92 Å². The maximum Gasteiger partial charge on any atom is 0.220 e. The van der Waals surface area contributed by atoms with E-state index in [0.29, 0.717) is 17.3 Å². The minimum atomic E-state index is -0.876. The molecule has 0 amide bonds. The molecule has 2 unspecified atom stereocenters. The van der Waals surface area contributed by atoms with Crippen LogP contribution in [0.25, 0.3) is 0 Å². The van der Waals surface area contributed by atoms with Crippen molar-refractivity contribution in [1.82, 2.24) is 14.8 Å². The second-order valence-electron chi connectivity index (χ2n) is 2.81. The Balaban J connectivity index is 2.85.